The molecule has 2 aromatic rings. The third-order valence-electron chi connectivity index (χ3n) is 5.11. The average Bonchev–Trinajstić information content (AvgIpc) is 2.70. The van der Waals surface area contributed by atoms with Crippen molar-refractivity contribution in [1.82, 2.24) is 4.31 Å². The van der Waals surface area contributed by atoms with Gasteiger partial charge < -0.3 is 5.32 Å². The maximum absolute atomic E-state index is 13.0. The van der Waals surface area contributed by atoms with Crippen LogP contribution in [-0.4, -0.2) is 31.7 Å². The minimum absolute atomic E-state index is 0.0306. The number of sulfonamides is 1. The topological polar surface area (TPSA) is 66.5 Å². The molecule has 0 bridgehead atoms. The van der Waals surface area contributed by atoms with Crippen LogP contribution >= 0.6 is 23.2 Å². The predicted octanol–water partition coefficient (Wildman–Crippen LogP) is 5.16. The SMILES string of the molecule is CC(C)c1ccc(NC(=O)[C@@H]2CCCN(S(=O)(=O)c3cc(Cl)ccc3Cl)C2)cc1. The van der Waals surface area contributed by atoms with Gasteiger partial charge in [0.05, 0.1) is 10.9 Å². The highest BCUT2D eigenvalue weighted by Gasteiger charge is 2.34. The highest BCUT2D eigenvalue weighted by molar-refractivity contribution is 7.89. The zero-order valence-electron chi connectivity index (χ0n) is 16.4. The number of hydrogen-bond donors (Lipinski definition) is 1. The maximum atomic E-state index is 13.0. The number of amides is 1. The summed E-state index contributed by atoms with van der Waals surface area (Å²) in [6.07, 6.45) is 1.23. The van der Waals surface area contributed by atoms with Crippen LogP contribution in [0.3, 0.4) is 0 Å². The Morgan fingerprint density at radius 2 is 1.83 bits per heavy atom. The van der Waals surface area contributed by atoms with Gasteiger partial charge in [-0.15, -0.1) is 0 Å². The van der Waals surface area contributed by atoms with Crippen molar-refractivity contribution >= 4 is 44.8 Å². The van der Waals surface area contributed by atoms with E-state index in [-0.39, 0.29) is 22.4 Å². The van der Waals surface area contributed by atoms with Crippen LogP contribution in [0, 0.1) is 5.92 Å². The van der Waals surface area contributed by atoms with Gasteiger partial charge in [-0.05, 0) is 54.7 Å². The molecule has 1 N–H and O–H groups in total. The van der Waals surface area contributed by atoms with E-state index >= 15 is 0 Å². The summed E-state index contributed by atoms with van der Waals surface area (Å²) in [4.78, 5) is 12.7. The Bertz CT molecular complexity index is 991. The molecule has 1 heterocycles. The van der Waals surface area contributed by atoms with Crippen molar-refractivity contribution in [3.63, 3.8) is 0 Å². The van der Waals surface area contributed by atoms with E-state index < -0.39 is 15.9 Å². The lowest BCUT2D eigenvalue weighted by Crippen LogP contribution is -2.43. The highest BCUT2D eigenvalue weighted by atomic mass is 35.5. The van der Waals surface area contributed by atoms with E-state index in [0.29, 0.717) is 36.0 Å². The molecular weight excluding hydrogens is 431 g/mol. The van der Waals surface area contributed by atoms with Gasteiger partial charge >= 0.3 is 0 Å². The molecule has 29 heavy (non-hydrogen) atoms. The predicted molar refractivity (Wildman–Crippen MR) is 117 cm³/mol. The Kier molecular flexibility index (Phi) is 6.89. The monoisotopic (exact) mass is 454 g/mol. The number of carbonyl (C=O) groups is 1. The zero-order valence-corrected chi connectivity index (χ0v) is 18.7. The lowest BCUT2D eigenvalue weighted by atomic mass is 9.98. The maximum Gasteiger partial charge on any atom is 0.244 e. The van der Waals surface area contributed by atoms with Gasteiger partial charge in [0, 0.05) is 23.8 Å². The highest BCUT2D eigenvalue weighted by Crippen LogP contribution is 2.30. The number of carbonyl (C=O) groups excluding carboxylic acids is 1. The number of halogens is 2. The van der Waals surface area contributed by atoms with Crippen LogP contribution in [0.5, 0.6) is 0 Å². The summed E-state index contributed by atoms with van der Waals surface area (Å²) >= 11 is 12.1. The quantitative estimate of drug-likeness (QED) is 0.678. The van der Waals surface area contributed by atoms with Crippen molar-refractivity contribution < 1.29 is 13.2 Å². The van der Waals surface area contributed by atoms with Crippen molar-refractivity contribution in [2.45, 2.75) is 37.5 Å². The summed E-state index contributed by atoms with van der Waals surface area (Å²) in [6, 6.07) is 12.1. The molecule has 1 atom stereocenters. The Hall–Kier alpha value is -1.60. The largest absolute Gasteiger partial charge is 0.326 e. The Morgan fingerprint density at radius 1 is 1.14 bits per heavy atom. The van der Waals surface area contributed by atoms with Crippen LogP contribution in [-0.2, 0) is 14.8 Å². The molecule has 0 unspecified atom stereocenters. The molecule has 8 heteroatoms. The van der Waals surface area contributed by atoms with Crippen molar-refractivity contribution in [2.24, 2.45) is 5.92 Å². The Balaban J connectivity index is 1.72. The smallest absolute Gasteiger partial charge is 0.244 e. The van der Waals surface area contributed by atoms with E-state index in [1.807, 2.05) is 24.3 Å². The summed E-state index contributed by atoms with van der Waals surface area (Å²) in [5.74, 6) is -0.198. The number of hydrogen-bond acceptors (Lipinski definition) is 3. The van der Waals surface area contributed by atoms with Gasteiger partial charge in [-0.1, -0.05) is 49.2 Å². The second-order valence-electron chi connectivity index (χ2n) is 7.54. The van der Waals surface area contributed by atoms with Crippen molar-refractivity contribution in [2.75, 3.05) is 18.4 Å². The van der Waals surface area contributed by atoms with E-state index in [0.717, 1.165) is 0 Å². The van der Waals surface area contributed by atoms with Crippen LogP contribution < -0.4 is 5.32 Å². The minimum Gasteiger partial charge on any atom is -0.326 e. The number of anilines is 1. The Morgan fingerprint density at radius 3 is 2.48 bits per heavy atom. The fraction of sp³-hybridized carbons (Fsp3) is 0.381. The van der Waals surface area contributed by atoms with Gasteiger partial charge in [0.1, 0.15) is 4.90 Å². The molecular formula is C21H24Cl2N2O3S. The zero-order chi connectivity index (χ0) is 21.2. The third-order valence-corrected chi connectivity index (χ3v) is 7.69. The molecule has 0 spiro atoms. The lowest BCUT2D eigenvalue weighted by Gasteiger charge is -2.31. The fourth-order valence-corrected chi connectivity index (χ4v) is 5.65. The van der Waals surface area contributed by atoms with Crippen LogP contribution in [0.15, 0.2) is 47.4 Å². The summed E-state index contributed by atoms with van der Waals surface area (Å²) in [5, 5.41) is 3.31. The number of benzene rings is 2. The summed E-state index contributed by atoms with van der Waals surface area (Å²) in [5.41, 5.74) is 1.90. The number of rotatable bonds is 5. The first kappa shape index (κ1) is 22.1. The summed E-state index contributed by atoms with van der Waals surface area (Å²) < 4.78 is 27.4. The molecule has 156 valence electrons. The first-order valence-electron chi connectivity index (χ1n) is 9.54. The summed E-state index contributed by atoms with van der Waals surface area (Å²) in [6.45, 7) is 4.67. The molecule has 1 saturated heterocycles. The second kappa shape index (κ2) is 9.04. The molecule has 0 radical (unpaired) electrons. The normalized spacial score (nSPS) is 18.0. The van der Waals surface area contributed by atoms with Crippen LogP contribution in [0.4, 0.5) is 5.69 Å². The van der Waals surface area contributed by atoms with E-state index in [1.165, 1.54) is 22.0 Å². The van der Waals surface area contributed by atoms with Crippen molar-refractivity contribution in [1.29, 1.82) is 0 Å². The van der Waals surface area contributed by atoms with Gasteiger partial charge in [-0.2, -0.15) is 4.31 Å². The van der Waals surface area contributed by atoms with Crippen LogP contribution in [0.1, 0.15) is 38.2 Å². The standard InChI is InChI=1S/C21H24Cl2N2O3S/c1-14(2)15-5-8-18(9-6-15)24-21(26)16-4-3-11-25(13-16)29(27,28)20-12-17(22)7-10-19(20)23/h5-10,12,14,16H,3-4,11,13H2,1-2H3,(H,24,26)/t16-/m1/s1. The van der Waals surface area contributed by atoms with Gasteiger partial charge in [0.15, 0.2) is 0 Å². The van der Waals surface area contributed by atoms with Gasteiger partial charge in [0.25, 0.3) is 0 Å². The third kappa shape index (κ3) is 5.12. The molecule has 1 fully saturated rings. The Labute approximate surface area is 182 Å². The number of nitrogens with zero attached hydrogens (tertiary/aromatic N) is 1. The first-order chi connectivity index (χ1) is 13.7. The van der Waals surface area contributed by atoms with Gasteiger partial charge in [-0.3, -0.25) is 4.79 Å². The molecule has 0 saturated carbocycles. The molecule has 1 amide bonds. The second-order valence-corrected chi connectivity index (χ2v) is 10.3. The molecule has 3 rings (SSSR count). The molecule has 1 aliphatic rings. The number of nitrogens with one attached hydrogen (secondary N) is 1. The van der Waals surface area contributed by atoms with Gasteiger partial charge in [-0.25, -0.2) is 8.42 Å². The minimum atomic E-state index is -3.83. The fourth-order valence-electron chi connectivity index (χ4n) is 3.38. The van der Waals surface area contributed by atoms with Crippen molar-refractivity contribution in [3.05, 3.63) is 58.1 Å². The molecule has 1 aliphatic heterocycles. The molecule has 2 aromatic carbocycles. The van der Waals surface area contributed by atoms with Crippen molar-refractivity contribution in [3.8, 4) is 0 Å². The average molecular weight is 455 g/mol. The van der Waals surface area contributed by atoms with E-state index in [9.17, 15) is 13.2 Å². The molecule has 0 aliphatic carbocycles. The van der Waals surface area contributed by atoms with E-state index in [1.54, 1.807) is 6.07 Å². The van der Waals surface area contributed by atoms with Gasteiger partial charge in [0.2, 0.25) is 15.9 Å². The van der Waals surface area contributed by atoms with E-state index in [4.69, 9.17) is 23.2 Å². The first-order valence-corrected chi connectivity index (χ1v) is 11.7. The molecule has 0 aromatic heterocycles. The van der Waals surface area contributed by atoms with Crippen LogP contribution in [0.2, 0.25) is 10.0 Å². The lowest BCUT2D eigenvalue weighted by molar-refractivity contribution is -0.120. The summed E-state index contributed by atoms with van der Waals surface area (Å²) in [7, 11) is -3.83. The number of piperidine rings is 1. The molecule has 5 nitrogen and oxygen atoms in total. The van der Waals surface area contributed by atoms with Crippen LogP contribution in [0.25, 0.3) is 0 Å². The van der Waals surface area contributed by atoms with E-state index in [2.05, 4.69) is 19.2 Å².